The van der Waals surface area contributed by atoms with Crippen molar-refractivity contribution in [2.24, 2.45) is 0 Å². The van der Waals surface area contributed by atoms with E-state index in [1.54, 1.807) is 18.2 Å². The molecule has 0 aliphatic carbocycles. The van der Waals surface area contributed by atoms with Gasteiger partial charge >= 0.3 is 7.82 Å². The van der Waals surface area contributed by atoms with Gasteiger partial charge in [-0.15, -0.1) is 0 Å². The topological polar surface area (TPSA) is 118 Å². The number of hydrogen-bond acceptors (Lipinski definition) is 3. The number of hydrogen-bond donors (Lipinski definition) is 5. The molecule has 3 aromatic carbocycles. The van der Waals surface area contributed by atoms with E-state index in [9.17, 15) is 10.2 Å². The highest BCUT2D eigenvalue weighted by molar-refractivity contribution is 7.45. The Labute approximate surface area is 150 Å². The third-order valence-electron chi connectivity index (χ3n) is 3.65. The summed E-state index contributed by atoms with van der Waals surface area (Å²) < 4.78 is 8.88. The Bertz CT molecular complexity index is 940. The molecule has 5 N–H and O–H groups in total. The lowest BCUT2D eigenvalue weighted by Crippen LogP contribution is -1.89. The summed E-state index contributed by atoms with van der Waals surface area (Å²) in [6.07, 6.45) is 0. The molecule has 0 saturated carbocycles. The highest BCUT2D eigenvalue weighted by Gasteiger charge is 2.15. The molecule has 6 nitrogen and oxygen atoms in total. The quantitative estimate of drug-likeness (QED) is 0.435. The molecule has 136 valence electrons. The Morgan fingerprint density at radius 1 is 0.654 bits per heavy atom. The minimum absolute atomic E-state index is 0.161. The minimum Gasteiger partial charge on any atom is -0.507 e. The van der Waals surface area contributed by atoms with Gasteiger partial charge < -0.3 is 24.9 Å². The Morgan fingerprint density at radius 3 is 1.69 bits per heavy atom. The molecule has 0 spiro atoms. The number of phenolic OH excluding ortho intramolecular Hbond substituents is 2. The third kappa shape index (κ3) is 5.18. The molecule has 0 aromatic heterocycles. The van der Waals surface area contributed by atoms with Crippen LogP contribution < -0.4 is 0 Å². The van der Waals surface area contributed by atoms with Crippen molar-refractivity contribution in [1.29, 1.82) is 0 Å². The summed E-state index contributed by atoms with van der Waals surface area (Å²) in [5.74, 6) is 0.325. The maximum absolute atomic E-state index is 10.3. The summed E-state index contributed by atoms with van der Waals surface area (Å²) in [4.78, 5) is 21.6. The molecule has 0 heterocycles. The molecule has 3 aromatic rings. The molecule has 0 radical (unpaired) electrons. The summed E-state index contributed by atoms with van der Waals surface area (Å²) in [6, 6.07) is 20.5. The Balaban J connectivity index is 0.000000431. The molecule has 0 aliphatic heterocycles. The summed E-state index contributed by atoms with van der Waals surface area (Å²) in [7, 11) is -4.64. The van der Waals surface area contributed by atoms with Crippen molar-refractivity contribution < 1.29 is 29.5 Å². The van der Waals surface area contributed by atoms with Gasteiger partial charge in [-0.1, -0.05) is 54.6 Å². The molecule has 0 aliphatic rings. The van der Waals surface area contributed by atoms with Crippen LogP contribution >= 0.6 is 7.82 Å². The summed E-state index contributed by atoms with van der Waals surface area (Å²) in [6.45, 7) is 2.04. The lowest BCUT2D eigenvalue weighted by molar-refractivity contribution is 0.275. The van der Waals surface area contributed by atoms with Gasteiger partial charge in [0.25, 0.3) is 0 Å². The van der Waals surface area contributed by atoms with Crippen molar-refractivity contribution in [3.63, 3.8) is 0 Å². The fraction of sp³-hybridized carbons (Fsp3) is 0.0526. The number of aryl methyl sites for hydroxylation is 1. The average Bonchev–Trinajstić information content (AvgIpc) is 2.55. The first-order chi connectivity index (χ1) is 12.2. The van der Waals surface area contributed by atoms with Crippen LogP contribution in [-0.2, 0) is 4.57 Å². The molecule has 0 unspecified atom stereocenters. The molecule has 0 amide bonds. The van der Waals surface area contributed by atoms with Gasteiger partial charge in [-0.3, -0.25) is 0 Å². The van der Waals surface area contributed by atoms with Crippen LogP contribution in [0, 0.1) is 6.92 Å². The first-order valence-corrected chi connectivity index (χ1v) is 9.19. The van der Waals surface area contributed by atoms with E-state index in [0.717, 1.165) is 16.7 Å². The normalized spacial score (nSPS) is 10.8. The van der Waals surface area contributed by atoms with Crippen molar-refractivity contribution >= 4 is 7.82 Å². The van der Waals surface area contributed by atoms with Crippen LogP contribution in [0.25, 0.3) is 22.3 Å². The predicted molar refractivity (Wildman–Crippen MR) is 99.6 cm³/mol. The van der Waals surface area contributed by atoms with E-state index < -0.39 is 7.82 Å². The average molecular weight is 374 g/mol. The van der Waals surface area contributed by atoms with Crippen LogP contribution in [0.4, 0.5) is 0 Å². The molecule has 0 fully saturated rings. The number of benzene rings is 3. The van der Waals surface area contributed by atoms with Crippen LogP contribution in [-0.4, -0.2) is 24.9 Å². The number of aromatic hydroxyl groups is 2. The fourth-order valence-electron chi connectivity index (χ4n) is 2.61. The van der Waals surface area contributed by atoms with Crippen LogP contribution in [0.5, 0.6) is 11.5 Å². The van der Waals surface area contributed by atoms with Crippen molar-refractivity contribution in [3.8, 4) is 33.8 Å². The molecule has 0 bridgehead atoms. The second-order valence-corrected chi connectivity index (χ2v) is 6.57. The van der Waals surface area contributed by atoms with Crippen LogP contribution in [0.15, 0.2) is 66.7 Å². The van der Waals surface area contributed by atoms with Gasteiger partial charge in [-0.05, 0) is 35.7 Å². The number of phenols is 2. The minimum atomic E-state index is -4.64. The van der Waals surface area contributed by atoms with E-state index in [-0.39, 0.29) is 11.5 Å². The van der Waals surface area contributed by atoms with E-state index in [4.69, 9.17) is 19.2 Å². The zero-order valence-electron chi connectivity index (χ0n) is 13.9. The highest BCUT2D eigenvalue weighted by Crippen LogP contribution is 2.42. The molecule has 0 atom stereocenters. The maximum Gasteiger partial charge on any atom is 0.466 e. The Hall–Kier alpha value is -2.63. The zero-order chi connectivity index (χ0) is 19.3. The second-order valence-electron chi connectivity index (χ2n) is 5.55. The van der Waals surface area contributed by atoms with Gasteiger partial charge in [0.1, 0.15) is 11.5 Å². The van der Waals surface area contributed by atoms with E-state index in [1.807, 2.05) is 55.5 Å². The van der Waals surface area contributed by atoms with E-state index in [2.05, 4.69) is 0 Å². The first-order valence-electron chi connectivity index (χ1n) is 7.63. The lowest BCUT2D eigenvalue weighted by Gasteiger charge is -2.14. The van der Waals surface area contributed by atoms with E-state index >= 15 is 0 Å². The largest absolute Gasteiger partial charge is 0.507 e. The van der Waals surface area contributed by atoms with Crippen LogP contribution in [0.1, 0.15) is 5.56 Å². The van der Waals surface area contributed by atoms with Gasteiger partial charge in [0.2, 0.25) is 0 Å². The number of phosphoric acid groups is 1. The van der Waals surface area contributed by atoms with E-state index in [0.29, 0.717) is 11.1 Å². The van der Waals surface area contributed by atoms with Crippen molar-refractivity contribution in [1.82, 2.24) is 0 Å². The summed E-state index contributed by atoms with van der Waals surface area (Å²) in [5, 5.41) is 20.4. The van der Waals surface area contributed by atoms with Crippen LogP contribution in [0.2, 0.25) is 0 Å². The first kappa shape index (κ1) is 19.7. The zero-order valence-corrected chi connectivity index (χ0v) is 14.8. The van der Waals surface area contributed by atoms with Gasteiger partial charge in [0.05, 0.1) is 0 Å². The smallest absolute Gasteiger partial charge is 0.466 e. The fourth-order valence-corrected chi connectivity index (χ4v) is 2.61. The van der Waals surface area contributed by atoms with Crippen molar-refractivity contribution in [2.45, 2.75) is 6.92 Å². The summed E-state index contributed by atoms with van der Waals surface area (Å²) in [5.41, 5.74) is 4.37. The molecule has 26 heavy (non-hydrogen) atoms. The van der Waals surface area contributed by atoms with E-state index in [1.165, 1.54) is 0 Å². The highest BCUT2D eigenvalue weighted by atomic mass is 31.2. The lowest BCUT2D eigenvalue weighted by atomic mass is 9.91. The van der Waals surface area contributed by atoms with Gasteiger partial charge in [0.15, 0.2) is 0 Å². The number of rotatable bonds is 2. The monoisotopic (exact) mass is 374 g/mol. The van der Waals surface area contributed by atoms with Crippen LogP contribution in [0.3, 0.4) is 0 Å². The molecular weight excluding hydrogens is 355 g/mol. The third-order valence-corrected chi connectivity index (χ3v) is 3.65. The summed E-state index contributed by atoms with van der Waals surface area (Å²) >= 11 is 0. The predicted octanol–water partition coefficient (Wildman–Crippen LogP) is 3.81. The maximum atomic E-state index is 10.3. The molecule has 7 heteroatoms. The van der Waals surface area contributed by atoms with Crippen molar-refractivity contribution in [2.75, 3.05) is 0 Å². The molecular formula is C19H19O6P. The van der Waals surface area contributed by atoms with Gasteiger partial charge in [0, 0.05) is 11.1 Å². The molecule has 3 rings (SSSR count). The SMILES string of the molecule is Cc1ccccc1-c1cccc(O)c1-c1ccccc1O.O=P(O)(O)O. The second kappa shape index (κ2) is 8.17. The van der Waals surface area contributed by atoms with Crippen molar-refractivity contribution in [3.05, 3.63) is 72.3 Å². The van der Waals surface area contributed by atoms with Gasteiger partial charge in [-0.25, -0.2) is 4.57 Å². The molecule has 0 saturated heterocycles. The Kier molecular flexibility index (Phi) is 6.18. The van der Waals surface area contributed by atoms with Gasteiger partial charge in [-0.2, -0.15) is 0 Å². The standard InChI is InChI=1S/C19H16O2.H3O4P/c1-13-7-2-3-8-14(13)15-10-6-12-18(21)19(15)16-9-4-5-11-17(16)20;1-5(2,3)4/h2-12,20-21H,1H3;(H3,1,2,3,4). The number of para-hydroxylation sites is 1. The Morgan fingerprint density at radius 2 is 1.12 bits per heavy atom.